The molecule has 3 N–H and O–H groups in total. The standard InChI is InChI=1S/C12H23N3O/c1-9(10-4-3-7-13-8-10)14-12(16)15-11-5-2-6-11/h9-11,13H,2-8H2,1H3,(H2,14,15,16). The number of piperidine rings is 1. The smallest absolute Gasteiger partial charge is 0.315 e. The highest BCUT2D eigenvalue weighted by molar-refractivity contribution is 5.74. The van der Waals surface area contributed by atoms with Gasteiger partial charge in [-0.25, -0.2) is 4.79 Å². The molecule has 0 spiro atoms. The van der Waals surface area contributed by atoms with Crippen molar-refractivity contribution in [1.82, 2.24) is 16.0 Å². The lowest BCUT2D eigenvalue weighted by atomic mass is 9.92. The second-order valence-electron chi connectivity index (χ2n) is 5.14. The molecule has 2 atom stereocenters. The fraction of sp³-hybridized carbons (Fsp3) is 0.917. The number of nitrogens with one attached hydrogen (secondary N) is 3. The maximum Gasteiger partial charge on any atom is 0.315 e. The number of amides is 2. The average molecular weight is 225 g/mol. The van der Waals surface area contributed by atoms with Gasteiger partial charge in [-0.1, -0.05) is 0 Å². The van der Waals surface area contributed by atoms with Gasteiger partial charge in [0.1, 0.15) is 0 Å². The summed E-state index contributed by atoms with van der Waals surface area (Å²) in [7, 11) is 0. The second-order valence-corrected chi connectivity index (χ2v) is 5.14. The highest BCUT2D eigenvalue weighted by atomic mass is 16.2. The molecule has 0 aromatic carbocycles. The number of carbonyl (C=O) groups is 1. The SMILES string of the molecule is CC(NC(=O)NC1CCC1)C1CCCNC1. The molecule has 2 amide bonds. The maximum absolute atomic E-state index is 11.7. The van der Waals surface area contributed by atoms with Crippen LogP contribution in [0.4, 0.5) is 4.79 Å². The predicted octanol–water partition coefficient (Wildman–Crippen LogP) is 1.23. The normalized spacial score (nSPS) is 27.9. The van der Waals surface area contributed by atoms with E-state index in [0.717, 1.165) is 25.9 Å². The van der Waals surface area contributed by atoms with Gasteiger partial charge >= 0.3 is 6.03 Å². The zero-order chi connectivity index (χ0) is 11.4. The fourth-order valence-electron chi connectivity index (χ4n) is 2.41. The molecule has 2 fully saturated rings. The first kappa shape index (κ1) is 11.7. The molecule has 1 heterocycles. The van der Waals surface area contributed by atoms with Crippen molar-refractivity contribution in [2.75, 3.05) is 13.1 Å². The van der Waals surface area contributed by atoms with Gasteiger partial charge in [-0.05, 0) is 58.0 Å². The molecule has 2 unspecified atom stereocenters. The van der Waals surface area contributed by atoms with Crippen molar-refractivity contribution >= 4 is 6.03 Å². The summed E-state index contributed by atoms with van der Waals surface area (Å²) in [6, 6.07) is 0.715. The van der Waals surface area contributed by atoms with Crippen LogP contribution in [-0.4, -0.2) is 31.2 Å². The van der Waals surface area contributed by atoms with Crippen LogP contribution in [-0.2, 0) is 0 Å². The number of rotatable bonds is 3. The van der Waals surface area contributed by atoms with Crippen molar-refractivity contribution < 1.29 is 4.79 Å². The Morgan fingerprint density at radius 2 is 2.12 bits per heavy atom. The van der Waals surface area contributed by atoms with Crippen LogP contribution in [0.2, 0.25) is 0 Å². The molecule has 1 aliphatic heterocycles. The van der Waals surface area contributed by atoms with Crippen molar-refractivity contribution in [2.45, 2.75) is 51.1 Å². The Balaban J connectivity index is 1.68. The summed E-state index contributed by atoms with van der Waals surface area (Å²) in [6.07, 6.45) is 5.99. The largest absolute Gasteiger partial charge is 0.335 e. The van der Waals surface area contributed by atoms with Gasteiger partial charge in [0.05, 0.1) is 0 Å². The van der Waals surface area contributed by atoms with Gasteiger partial charge in [-0.15, -0.1) is 0 Å². The summed E-state index contributed by atoms with van der Waals surface area (Å²) in [4.78, 5) is 11.7. The summed E-state index contributed by atoms with van der Waals surface area (Å²) in [5, 5.41) is 9.45. The van der Waals surface area contributed by atoms with E-state index in [2.05, 4.69) is 22.9 Å². The molecule has 92 valence electrons. The molecule has 1 aliphatic carbocycles. The number of hydrogen-bond acceptors (Lipinski definition) is 2. The van der Waals surface area contributed by atoms with Crippen molar-refractivity contribution in [1.29, 1.82) is 0 Å². The summed E-state index contributed by atoms with van der Waals surface area (Å²) < 4.78 is 0. The third kappa shape index (κ3) is 3.11. The third-order valence-electron chi connectivity index (χ3n) is 3.84. The van der Waals surface area contributed by atoms with E-state index in [9.17, 15) is 4.79 Å². The highest BCUT2D eigenvalue weighted by Crippen LogP contribution is 2.18. The van der Waals surface area contributed by atoms with E-state index in [1.807, 2.05) is 0 Å². The molecule has 0 aromatic heterocycles. The molecule has 1 saturated carbocycles. The van der Waals surface area contributed by atoms with Gasteiger partial charge in [-0.2, -0.15) is 0 Å². The Labute approximate surface area is 97.6 Å². The topological polar surface area (TPSA) is 53.2 Å². The Hall–Kier alpha value is -0.770. The van der Waals surface area contributed by atoms with E-state index in [-0.39, 0.29) is 12.1 Å². The first-order valence-electron chi connectivity index (χ1n) is 6.53. The summed E-state index contributed by atoms with van der Waals surface area (Å²) in [5.41, 5.74) is 0. The van der Waals surface area contributed by atoms with Crippen LogP contribution < -0.4 is 16.0 Å². The molecule has 2 aliphatic rings. The van der Waals surface area contributed by atoms with Gasteiger partial charge in [0, 0.05) is 12.1 Å². The van der Waals surface area contributed by atoms with E-state index >= 15 is 0 Å². The van der Waals surface area contributed by atoms with Crippen molar-refractivity contribution in [3.63, 3.8) is 0 Å². The fourth-order valence-corrected chi connectivity index (χ4v) is 2.41. The van der Waals surface area contributed by atoms with E-state index in [1.165, 1.54) is 19.3 Å². The minimum Gasteiger partial charge on any atom is -0.335 e. The minimum absolute atomic E-state index is 0.0165. The second kappa shape index (κ2) is 5.53. The molecular weight excluding hydrogens is 202 g/mol. The highest BCUT2D eigenvalue weighted by Gasteiger charge is 2.23. The van der Waals surface area contributed by atoms with Gasteiger partial charge in [0.2, 0.25) is 0 Å². The Morgan fingerprint density at radius 3 is 2.69 bits per heavy atom. The first-order valence-corrected chi connectivity index (χ1v) is 6.53. The van der Waals surface area contributed by atoms with Gasteiger partial charge < -0.3 is 16.0 Å². The quantitative estimate of drug-likeness (QED) is 0.676. The van der Waals surface area contributed by atoms with Crippen molar-refractivity contribution in [2.24, 2.45) is 5.92 Å². The monoisotopic (exact) mass is 225 g/mol. The van der Waals surface area contributed by atoms with Gasteiger partial charge in [-0.3, -0.25) is 0 Å². The van der Waals surface area contributed by atoms with E-state index in [0.29, 0.717) is 12.0 Å². The molecule has 0 aromatic rings. The van der Waals surface area contributed by atoms with Crippen LogP contribution in [0, 0.1) is 5.92 Å². The van der Waals surface area contributed by atoms with Gasteiger partial charge in [0.15, 0.2) is 0 Å². The van der Waals surface area contributed by atoms with Crippen LogP contribution in [0.15, 0.2) is 0 Å². The summed E-state index contributed by atoms with van der Waals surface area (Å²) in [6.45, 7) is 4.26. The lowest BCUT2D eigenvalue weighted by Gasteiger charge is -2.31. The molecule has 2 rings (SSSR count). The molecule has 4 nitrogen and oxygen atoms in total. The van der Waals surface area contributed by atoms with Crippen LogP contribution in [0.25, 0.3) is 0 Å². The molecule has 0 bridgehead atoms. The molecule has 16 heavy (non-hydrogen) atoms. The number of urea groups is 1. The summed E-state index contributed by atoms with van der Waals surface area (Å²) >= 11 is 0. The third-order valence-corrected chi connectivity index (χ3v) is 3.84. The van der Waals surface area contributed by atoms with Gasteiger partial charge in [0.25, 0.3) is 0 Å². The lowest BCUT2D eigenvalue weighted by Crippen LogP contribution is -2.51. The van der Waals surface area contributed by atoms with Crippen molar-refractivity contribution in [3.05, 3.63) is 0 Å². The van der Waals surface area contributed by atoms with Crippen LogP contribution in [0.5, 0.6) is 0 Å². The lowest BCUT2D eigenvalue weighted by molar-refractivity contribution is 0.216. The number of carbonyl (C=O) groups excluding carboxylic acids is 1. The minimum atomic E-state index is 0.0165. The zero-order valence-corrected chi connectivity index (χ0v) is 10.1. The average Bonchev–Trinajstić information content (AvgIpc) is 2.25. The van der Waals surface area contributed by atoms with Crippen LogP contribution >= 0.6 is 0 Å². The Kier molecular flexibility index (Phi) is 4.04. The maximum atomic E-state index is 11.7. The van der Waals surface area contributed by atoms with Crippen LogP contribution in [0.3, 0.4) is 0 Å². The molecule has 0 radical (unpaired) electrons. The van der Waals surface area contributed by atoms with E-state index in [1.54, 1.807) is 0 Å². The Bertz CT molecular complexity index is 234. The van der Waals surface area contributed by atoms with Crippen LogP contribution in [0.1, 0.15) is 39.0 Å². The van der Waals surface area contributed by atoms with Crippen molar-refractivity contribution in [3.8, 4) is 0 Å². The summed E-state index contributed by atoms with van der Waals surface area (Å²) in [5.74, 6) is 0.584. The number of hydrogen-bond donors (Lipinski definition) is 3. The molecule has 4 heteroatoms. The Morgan fingerprint density at radius 1 is 1.31 bits per heavy atom. The first-order chi connectivity index (χ1) is 7.75. The van der Waals surface area contributed by atoms with E-state index < -0.39 is 0 Å². The molecule has 1 saturated heterocycles. The zero-order valence-electron chi connectivity index (χ0n) is 10.1. The van der Waals surface area contributed by atoms with E-state index in [4.69, 9.17) is 0 Å². The predicted molar refractivity (Wildman–Crippen MR) is 64.4 cm³/mol. The molecular formula is C12H23N3O.